The number of ether oxygens (including phenoxy) is 1. The molecule has 1 aliphatic heterocycles. The van der Waals surface area contributed by atoms with E-state index in [1.165, 1.54) is 6.07 Å². The van der Waals surface area contributed by atoms with E-state index in [1.807, 2.05) is 20.8 Å². The molecule has 0 aliphatic carbocycles. The molecule has 5 rings (SSSR count). The Morgan fingerprint density at radius 1 is 1.08 bits per heavy atom. The number of nitrogens with zero attached hydrogens (tertiary/aromatic N) is 3. The predicted molar refractivity (Wildman–Crippen MR) is 137 cm³/mol. The summed E-state index contributed by atoms with van der Waals surface area (Å²) < 4.78 is 34.4. The van der Waals surface area contributed by atoms with E-state index in [0.29, 0.717) is 59.9 Å². The maximum absolute atomic E-state index is 13.6. The van der Waals surface area contributed by atoms with E-state index >= 15 is 0 Å². The van der Waals surface area contributed by atoms with Crippen molar-refractivity contribution in [3.8, 4) is 0 Å². The van der Waals surface area contributed by atoms with E-state index in [4.69, 9.17) is 4.74 Å². The molecule has 0 unspecified atom stereocenters. The van der Waals surface area contributed by atoms with Crippen LogP contribution in [0, 0.1) is 11.6 Å². The number of halogens is 2. The van der Waals surface area contributed by atoms with Gasteiger partial charge in [0.2, 0.25) is 0 Å². The molecule has 2 aromatic heterocycles. The van der Waals surface area contributed by atoms with Crippen LogP contribution in [0.5, 0.6) is 0 Å². The first-order valence-corrected chi connectivity index (χ1v) is 12.3. The van der Waals surface area contributed by atoms with Crippen molar-refractivity contribution in [2.45, 2.75) is 45.1 Å². The van der Waals surface area contributed by atoms with E-state index in [1.54, 1.807) is 27.6 Å². The van der Waals surface area contributed by atoms with Gasteiger partial charge in [0, 0.05) is 36.7 Å². The zero-order valence-electron chi connectivity index (χ0n) is 21.2. The number of piperidine rings is 1. The first kappa shape index (κ1) is 25.4. The zero-order chi connectivity index (χ0) is 27.2. The van der Waals surface area contributed by atoms with Gasteiger partial charge in [0.1, 0.15) is 22.9 Å². The van der Waals surface area contributed by atoms with Crippen molar-refractivity contribution in [3.05, 3.63) is 75.7 Å². The summed E-state index contributed by atoms with van der Waals surface area (Å²) in [5.74, 6) is -2.48. The molecule has 3 heterocycles. The highest BCUT2D eigenvalue weighted by atomic mass is 19.1. The summed E-state index contributed by atoms with van der Waals surface area (Å²) >= 11 is 0. The molecule has 0 bridgehead atoms. The predicted octanol–water partition coefficient (Wildman–Crippen LogP) is 4.82. The first-order chi connectivity index (χ1) is 18.0. The van der Waals surface area contributed by atoms with Gasteiger partial charge >= 0.3 is 6.09 Å². The van der Waals surface area contributed by atoms with Gasteiger partial charge in [-0.2, -0.15) is 5.10 Å². The van der Waals surface area contributed by atoms with Crippen LogP contribution < -0.4 is 10.9 Å². The van der Waals surface area contributed by atoms with Crippen LogP contribution >= 0.6 is 0 Å². The van der Waals surface area contributed by atoms with E-state index < -0.39 is 23.1 Å². The largest absolute Gasteiger partial charge is 0.444 e. The maximum atomic E-state index is 13.6. The second-order valence-electron chi connectivity index (χ2n) is 10.4. The van der Waals surface area contributed by atoms with Gasteiger partial charge in [-0.25, -0.2) is 18.1 Å². The second-order valence-corrected chi connectivity index (χ2v) is 10.4. The molecule has 2 amide bonds. The fourth-order valence-electron chi connectivity index (χ4n) is 4.75. The number of amides is 2. The monoisotopic (exact) mass is 523 g/mol. The molecule has 0 radical (unpaired) electrons. The number of aromatic amines is 1. The SMILES string of the molecule is CC(C)(C)OC(=O)N1CCC(c2cc(=O)[nH]c3c4c(NC(=O)c5cc(F)cc(F)c5)cccc4nn23)CC1. The van der Waals surface area contributed by atoms with Gasteiger partial charge in [-0.15, -0.1) is 0 Å². The lowest BCUT2D eigenvalue weighted by Gasteiger charge is -2.33. The van der Waals surface area contributed by atoms with E-state index in [-0.39, 0.29) is 23.1 Å². The number of carbonyl (C=O) groups excluding carboxylic acids is 2. The lowest BCUT2D eigenvalue weighted by atomic mass is 9.93. The number of benzene rings is 2. The number of carbonyl (C=O) groups is 2. The molecule has 0 saturated carbocycles. The molecule has 198 valence electrons. The molecule has 11 heteroatoms. The second kappa shape index (κ2) is 9.55. The van der Waals surface area contributed by atoms with Crippen LogP contribution in [0.15, 0.2) is 47.3 Å². The Bertz CT molecular complexity index is 1590. The highest BCUT2D eigenvalue weighted by molar-refractivity contribution is 6.11. The molecular weight excluding hydrogens is 496 g/mol. The van der Waals surface area contributed by atoms with Crippen molar-refractivity contribution in [2.75, 3.05) is 18.4 Å². The Balaban J connectivity index is 1.47. The highest BCUT2D eigenvalue weighted by Crippen LogP contribution is 2.32. The van der Waals surface area contributed by atoms with Crippen LogP contribution in [0.3, 0.4) is 0 Å². The topological polar surface area (TPSA) is 109 Å². The standard InChI is InChI=1S/C27H27F2N5O4/c1-27(2,3)38-26(37)33-9-7-15(8-10-33)21-14-22(35)31-24-23-19(5-4-6-20(23)32-34(21)24)30-25(36)16-11-17(28)13-18(29)12-16/h4-6,11-15H,7-10H2,1-3H3,(H,30,36)(H,31,35). The third-order valence-corrected chi connectivity index (χ3v) is 6.40. The molecular formula is C27H27F2N5O4. The van der Waals surface area contributed by atoms with Crippen LogP contribution in [-0.2, 0) is 4.74 Å². The lowest BCUT2D eigenvalue weighted by Crippen LogP contribution is -2.41. The minimum atomic E-state index is -0.865. The summed E-state index contributed by atoms with van der Waals surface area (Å²) in [6.45, 7) is 6.40. The average Bonchev–Trinajstić information content (AvgIpc) is 3.21. The number of nitrogens with one attached hydrogen (secondary N) is 2. The van der Waals surface area contributed by atoms with Gasteiger partial charge in [-0.1, -0.05) is 6.07 Å². The molecule has 38 heavy (non-hydrogen) atoms. The lowest BCUT2D eigenvalue weighted by molar-refractivity contribution is 0.0203. The Morgan fingerprint density at radius 2 is 1.76 bits per heavy atom. The number of rotatable bonds is 3. The molecule has 0 spiro atoms. The fraction of sp³-hybridized carbons (Fsp3) is 0.333. The van der Waals surface area contributed by atoms with Crippen LogP contribution in [-0.4, -0.2) is 50.2 Å². The number of hydrogen-bond donors (Lipinski definition) is 2. The Labute approximate surface area is 216 Å². The van der Waals surface area contributed by atoms with Crippen LogP contribution in [0.25, 0.3) is 16.6 Å². The van der Waals surface area contributed by atoms with E-state index in [9.17, 15) is 23.2 Å². The van der Waals surface area contributed by atoms with Gasteiger partial charge in [0.25, 0.3) is 11.5 Å². The Hall–Kier alpha value is -4.28. The highest BCUT2D eigenvalue weighted by Gasteiger charge is 2.29. The minimum Gasteiger partial charge on any atom is -0.444 e. The number of fused-ring (bicyclic) bond motifs is 3. The molecule has 2 N–H and O–H groups in total. The van der Waals surface area contributed by atoms with Gasteiger partial charge < -0.3 is 19.9 Å². The van der Waals surface area contributed by atoms with Gasteiger partial charge in [-0.3, -0.25) is 9.59 Å². The minimum absolute atomic E-state index is 0.0406. The maximum Gasteiger partial charge on any atom is 0.410 e. The van der Waals surface area contributed by atoms with E-state index in [0.717, 1.165) is 12.1 Å². The van der Waals surface area contributed by atoms with Crippen molar-refractivity contribution >= 4 is 34.2 Å². The number of H-pyrrole nitrogens is 1. The van der Waals surface area contributed by atoms with E-state index in [2.05, 4.69) is 15.4 Å². The van der Waals surface area contributed by atoms with Gasteiger partial charge in [-0.05, 0) is 57.9 Å². The Kier molecular flexibility index (Phi) is 6.38. The van der Waals surface area contributed by atoms with Crippen molar-refractivity contribution in [2.24, 2.45) is 0 Å². The number of aromatic nitrogens is 3. The van der Waals surface area contributed by atoms with Crippen LogP contribution in [0.1, 0.15) is 55.6 Å². The third kappa shape index (κ3) is 5.09. The average molecular weight is 524 g/mol. The van der Waals surface area contributed by atoms with Crippen molar-refractivity contribution < 1.29 is 23.1 Å². The Morgan fingerprint density at radius 3 is 2.42 bits per heavy atom. The van der Waals surface area contributed by atoms with Crippen molar-refractivity contribution in [1.82, 2.24) is 19.5 Å². The molecule has 1 aliphatic rings. The normalized spacial score (nSPS) is 14.7. The number of hydrogen-bond acceptors (Lipinski definition) is 5. The van der Waals surface area contributed by atoms with Gasteiger partial charge in [0.15, 0.2) is 0 Å². The summed E-state index contributed by atoms with van der Waals surface area (Å²) in [5, 5.41) is 7.85. The summed E-state index contributed by atoms with van der Waals surface area (Å²) in [6, 6.07) is 9.13. The van der Waals surface area contributed by atoms with Crippen molar-refractivity contribution in [1.29, 1.82) is 0 Å². The number of anilines is 1. The molecule has 1 saturated heterocycles. The fourth-order valence-corrected chi connectivity index (χ4v) is 4.75. The zero-order valence-corrected chi connectivity index (χ0v) is 21.2. The van der Waals surface area contributed by atoms with Crippen LogP contribution in [0.2, 0.25) is 0 Å². The third-order valence-electron chi connectivity index (χ3n) is 6.40. The summed E-state index contributed by atoms with van der Waals surface area (Å²) in [4.78, 5) is 42.4. The van der Waals surface area contributed by atoms with Gasteiger partial charge in [0.05, 0.1) is 22.3 Å². The molecule has 0 atom stereocenters. The smallest absolute Gasteiger partial charge is 0.410 e. The summed E-state index contributed by atoms with van der Waals surface area (Å²) in [6.07, 6.45) is 0.862. The quantitative estimate of drug-likeness (QED) is 0.400. The molecule has 2 aromatic carbocycles. The van der Waals surface area contributed by atoms with Crippen LogP contribution in [0.4, 0.5) is 19.3 Å². The first-order valence-electron chi connectivity index (χ1n) is 12.3. The van der Waals surface area contributed by atoms with Crippen molar-refractivity contribution in [3.63, 3.8) is 0 Å². The summed E-state index contributed by atoms with van der Waals surface area (Å²) in [7, 11) is 0. The molecule has 4 aromatic rings. The number of likely N-dealkylation sites (tertiary alicyclic amines) is 1. The summed E-state index contributed by atoms with van der Waals surface area (Å²) in [5.41, 5.74) is 0.825. The molecule has 9 nitrogen and oxygen atoms in total. The molecule has 1 fully saturated rings.